The lowest BCUT2D eigenvalue weighted by molar-refractivity contribution is 0.447. The highest BCUT2D eigenvalue weighted by atomic mass is 32.1. The molecule has 4 rings (SSSR count). The van der Waals surface area contributed by atoms with Gasteiger partial charge in [0, 0.05) is 6.07 Å². The predicted octanol–water partition coefficient (Wildman–Crippen LogP) is 2.37. The first-order chi connectivity index (χ1) is 12.5. The summed E-state index contributed by atoms with van der Waals surface area (Å²) in [6.45, 7) is 1.90. The van der Waals surface area contributed by atoms with Crippen LogP contribution in [0.2, 0.25) is 0 Å². The van der Waals surface area contributed by atoms with E-state index in [1.165, 1.54) is 6.07 Å². The summed E-state index contributed by atoms with van der Waals surface area (Å²) < 4.78 is 1.65. The molecule has 0 bridgehead atoms. The molecule has 0 aliphatic heterocycles. The third kappa shape index (κ3) is 2.53. The van der Waals surface area contributed by atoms with Crippen LogP contribution in [0.3, 0.4) is 0 Å². The van der Waals surface area contributed by atoms with Crippen LogP contribution in [-0.4, -0.2) is 34.9 Å². The fraction of sp³-hybridized carbons (Fsp3) is 0.118. The van der Waals surface area contributed by atoms with Crippen molar-refractivity contribution in [2.24, 2.45) is 0 Å². The van der Waals surface area contributed by atoms with Gasteiger partial charge >= 0.3 is 5.69 Å². The molecule has 0 atom stereocenters. The van der Waals surface area contributed by atoms with Crippen molar-refractivity contribution in [2.75, 3.05) is 0 Å². The number of fused-ring (bicyclic) bond motifs is 1. The van der Waals surface area contributed by atoms with E-state index in [2.05, 4.69) is 32.8 Å². The minimum absolute atomic E-state index is 0.0252. The Morgan fingerprint density at radius 1 is 1.08 bits per heavy atom. The summed E-state index contributed by atoms with van der Waals surface area (Å²) in [5.74, 6) is 0.287. The Bertz CT molecular complexity index is 1190. The van der Waals surface area contributed by atoms with Gasteiger partial charge in [-0.2, -0.15) is 0 Å². The molecule has 9 heteroatoms. The Hall–Kier alpha value is -3.20. The number of phenolic OH excluding ortho intramolecular Hbond substituents is 2. The van der Waals surface area contributed by atoms with Gasteiger partial charge in [-0.05, 0) is 36.2 Å². The molecule has 0 aliphatic carbocycles. The second kappa shape index (κ2) is 5.95. The van der Waals surface area contributed by atoms with E-state index < -0.39 is 0 Å². The monoisotopic (exact) mass is 369 g/mol. The smallest absolute Gasteiger partial charge is 0.323 e. The first-order valence-electron chi connectivity index (χ1n) is 7.90. The largest absolute Gasteiger partial charge is 0.508 e. The SMILES string of the molecule is CCc1cc(-c2nnc(S)n2-c2ccc3[nH]c(=O)[nH]c3c2)c(O)cc1O. The summed E-state index contributed by atoms with van der Waals surface area (Å²) in [7, 11) is 0. The van der Waals surface area contributed by atoms with E-state index in [-0.39, 0.29) is 17.2 Å². The number of hydrogen-bond acceptors (Lipinski definition) is 6. The van der Waals surface area contributed by atoms with Crippen LogP contribution in [0.25, 0.3) is 28.1 Å². The highest BCUT2D eigenvalue weighted by Crippen LogP contribution is 2.36. The number of hydrogen-bond donors (Lipinski definition) is 5. The van der Waals surface area contributed by atoms with Gasteiger partial charge in [-0.25, -0.2) is 4.79 Å². The van der Waals surface area contributed by atoms with E-state index in [1.807, 2.05) is 6.92 Å². The van der Waals surface area contributed by atoms with Gasteiger partial charge in [0.2, 0.25) is 0 Å². The summed E-state index contributed by atoms with van der Waals surface area (Å²) in [6, 6.07) is 8.27. The van der Waals surface area contributed by atoms with Gasteiger partial charge in [-0.15, -0.1) is 22.8 Å². The van der Waals surface area contributed by atoms with Gasteiger partial charge < -0.3 is 20.2 Å². The highest BCUT2D eigenvalue weighted by Gasteiger charge is 2.19. The van der Waals surface area contributed by atoms with Crippen LogP contribution in [0.1, 0.15) is 12.5 Å². The number of aromatic nitrogens is 5. The van der Waals surface area contributed by atoms with Crippen molar-refractivity contribution in [1.29, 1.82) is 0 Å². The summed E-state index contributed by atoms with van der Waals surface area (Å²) in [6.07, 6.45) is 0.595. The number of imidazole rings is 1. The molecule has 2 aromatic heterocycles. The van der Waals surface area contributed by atoms with Crippen molar-refractivity contribution in [3.05, 3.63) is 46.4 Å². The van der Waals surface area contributed by atoms with E-state index >= 15 is 0 Å². The molecule has 0 spiro atoms. The number of nitrogens with zero attached hydrogens (tertiary/aromatic N) is 3. The normalized spacial score (nSPS) is 11.3. The summed E-state index contributed by atoms with van der Waals surface area (Å²) in [5.41, 5.74) is 2.78. The van der Waals surface area contributed by atoms with Gasteiger partial charge in [0.1, 0.15) is 11.5 Å². The van der Waals surface area contributed by atoms with Crippen LogP contribution in [0, 0.1) is 0 Å². The molecule has 0 saturated carbocycles. The molecule has 4 aromatic rings. The first-order valence-corrected chi connectivity index (χ1v) is 8.34. The molecular formula is C17H15N5O3S. The van der Waals surface area contributed by atoms with Gasteiger partial charge in [-0.1, -0.05) is 6.92 Å². The van der Waals surface area contributed by atoms with Crippen molar-refractivity contribution in [3.8, 4) is 28.6 Å². The molecule has 132 valence electrons. The molecule has 8 nitrogen and oxygen atoms in total. The average molecular weight is 369 g/mol. The van der Waals surface area contributed by atoms with Gasteiger partial charge in [0.15, 0.2) is 11.0 Å². The van der Waals surface area contributed by atoms with Crippen molar-refractivity contribution in [3.63, 3.8) is 0 Å². The molecule has 4 N–H and O–H groups in total. The molecular weight excluding hydrogens is 354 g/mol. The lowest BCUT2D eigenvalue weighted by Gasteiger charge is -2.11. The van der Waals surface area contributed by atoms with Gasteiger partial charge in [0.05, 0.1) is 22.3 Å². The van der Waals surface area contributed by atoms with Crippen LogP contribution >= 0.6 is 12.6 Å². The maximum Gasteiger partial charge on any atom is 0.323 e. The van der Waals surface area contributed by atoms with Crippen molar-refractivity contribution in [1.82, 2.24) is 24.7 Å². The molecule has 2 heterocycles. The van der Waals surface area contributed by atoms with E-state index in [9.17, 15) is 15.0 Å². The fourth-order valence-corrected chi connectivity index (χ4v) is 3.19. The number of aromatic amines is 2. The molecule has 0 radical (unpaired) electrons. The zero-order valence-electron chi connectivity index (χ0n) is 13.7. The molecule has 0 saturated heterocycles. The number of nitrogens with one attached hydrogen (secondary N) is 2. The summed E-state index contributed by atoms with van der Waals surface area (Å²) in [4.78, 5) is 16.9. The van der Waals surface area contributed by atoms with E-state index in [1.54, 1.807) is 28.8 Å². The quantitative estimate of drug-likeness (QED) is 0.355. The lowest BCUT2D eigenvalue weighted by Crippen LogP contribution is -2.00. The molecule has 0 aliphatic rings. The minimum Gasteiger partial charge on any atom is -0.508 e. The topological polar surface area (TPSA) is 120 Å². The summed E-state index contributed by atoms with van der Waals surface area (Å²) in [5, 5.41) is 28.7. The Morgan fingerprint density at radius 3 is 2.62 bits per heavy atom. The van der Waals surface area contributed by atoms with Crippen LogP contribution in [0.4, 0.5) is 0 Å². The predicted molar refractivity (Wildman–Crippen MR) is 99.2 cm³/mol. The summed E-state index contributed by atoms with van der Waals surface area (Å²) >= 11 is 4.36. The van der Waals surface area contributed by atoms with Crippen molar-refractivity contribution >= 4 is 23.7 Å². The lowest BCUT2D eigenvalue weighted by atomic mass is 10.1. The molecule has 2 aromatic carbocycles. The number of aromatic hydroxyl groups is 2. The molecule has 0 fully saturated rings. The first kappa shape index (κ1) is 16.3. The van der Waals surface area contributed by atoms with Crippen LogP contribution < -0.4 is 5.69 Å². The number of H-pyrrole nitrogens is 2. The number of phenols is 2. The van der Waals surface area contributed by atoms with Gasteiger partial charge in [-0.3, -0.25) is 4.57 Å². The number of aryl methyl sites for hydroxylation is 1. The maximum atomic E-state index is 11.5. The Balaban J connectivity index is 1.94. The molecule has 0 amide bonds. The van der Waals surface area contributed by atoms with E-state index in [4.69, 9.17) is 0 Å². The second-order valence-corrected chi connectivity index (χ2v) is 6.22. The van der Waals surface area contributed by atoms with E-state index in [0.29, 0.717) is 45.2 Å². The standard InChI is InChI=1S/C17H15N5O3S/c1-2-8-5-10(14(24)7-13(8)23)15-20-21-17(26)22(15)9-3-4-11-12(6-9)19-16(25)18-11/h3-7,23-24H,2H2,1H3,(H,21,26)(H2,18,19,25). The average Bonchev–Trinajstić information content (AvgIpc) is 3.16. The van der Waals surface area contributed by atoms with Crippen molar-refractivity contribution in [2.45, 2.75) is 18.5 Å². The third-order valence-corrected chi connectivity index (χ3v) is 4.51. The highest BCUT2D eigenvalue weighted by molar-refractivity contribution is 7.80. The van der Waals surface area contributed by atoms with Gasteiger partial charge in [0.25, 0.3) is 0 Å². The van der Waals surface area contributed by atoms with E-state index in [0.717, 1.165) is 0 Å². The second-order valence-electron chi connectivity index (χ2n) is 5.82. The number of rotatable bonds is 3. The Labute approximate surface area is 152 Å². The zero-order chi connectivity index (χ0) is 18.4. The zero-order valence-corrected chi connectivity index (χ0v) is 14.6. The maximum absolute atomic E-state index is 11.5. The molecule has 0 unspecified atom stereocenters. The number of thiol groups is 1. The third-order valence-electron chi connectivity index (χ3n) is 4.22. The van der Waals surface area contributed by atoms with Crippen LogP contribution in [0.15, 0.2) is 40.3 Å². The van der Waals surface area contributed by atoms with Crippen LogP contribution in [-0.2, 0) is 6.42 Å². The van der Waals surface area contributed by atoms with Crippen LogP contribution in [0.5, 0.6) is 11.5 Å². The molecule has 26 heavy (non-hydrogen) atoms. The minimum atomic E-state index is -0.295. The number of benzene rings is 2. The fourth-order valence-electron chi connectivity index (χ4n) is 2.93. The Morgan fingerprint density at radius 2 is 1.85 bits per heavy atom. The van der Waals surface area contributed by atoms with Crippen molar-refractivity contribution < 1.29 is 10.2 Å². The Kier molecular flexibility index (Phi) is 3.73.